The summed E-state index contributed by atoms with van der Waals surface area (Å²) >= 11 is 6.28. The van der Waals surface area contributed by atoms with Crippen molar-refractivity contribution in [2.45, 2.75) is 25.6 Å². The van der Waals surface area contributed by atoms with E-state index in [9.17, 15) is 4.79 Å². The second-order valence-corrected chi connectivity index (χ2v) is 4.85. The average Bonchev–Trinajstić information content (AvgIpc) is 2.58. The smallest absolute Gasteiger partial charge is 0.166 e. The molecule has 0 radical (unpaired) electrons. The highest BCUT2D eigenvalue weighted by Gasteiger charge is 2.22. The molecule has 2 heteroatoms. The fourth-order valence-electron chi connectivity index (χ4n) is 2.00. The molecule has 1 aromatic carbocycles. The summed E-state index contributed by atoms with van der Waals surface area (Å²) in [7, 11) is 0. The maximum atomic E-state index is 12.0. The lowest BCUT2D eigenvalue weighted by atomic mass is 10.0. The van der Waals surface area contributed by atoms with Crippen LogP contribution in [0.3, 0.4) is 0 Å². The molecule has 1 aliphatic rings. The summed E-state index contributed by atoms with van der Waals surface area (Å²) in [5, 5.41) is -0.109. The van der Waals surface area contributed by atoms with Gasteiger partial charge in [-0.05, 0) is 25.0 Å². The van der Waals surface area contributed by atoms with Crippen molar-refractivity contribution in [3.63, 3.8) is 0 Å². The van der Waals surface area contributed by atoms with Crippen LogP contribution in [0.25, 0.3) is 0 Å². The molecule has 1 atom stereocenters. The molecule has 2 rings (SSSR count). The summed E-state index contributed by atoms with van der Waals surface area (Å²) in [5.41, 5.74) is 4.10. The zero-order chi connectivity index (χ0) is 12.4. The van der Waals surface area contributed by atoms with E-state index in [1.165, 1.54) is 5.57 Å². The summed E-state index contributed by atoms with van der Waals surface area (Å²) in [6.07, 6.45) is 2.45. The average molecular weight is 247 g/mol. The van der Waals surface area contributed by atoms with Gasteiger partial charge >= 0.3 is 0 Å². The zero-order valence-corrected chi connectivity index (χ0v) is 10.8. The summed E-state index contributed by atoms with van der Waals surface area (Å²) < 4.78 is 0. The van der Waals surface area contributed by atoms with Gasteiger partial charge in [0.1, 0.15) is 0 Å². The van der Waals surface area contributed by atoms with Gasteiger partial charge in [-0.1, -0.05) is 42.0 Å². The Hall–Kier alpha value is -1.34. The molecule has 88 valence electrons. The van der Waals surface area contributed by atoms with Crippen LogP contribution in [0.2, 0.25) is 0 Å². The molecule has 1 unspecified atom stereocenters. The van der Waals surface area contributed by atoms with Crippen molar-refractivity contribution in [2.24, 2.45) is 0 Å². The summed E-state index contributed by atoms with van der Waals surface area (Å²) in [6, 6.07) is 9.35. The van der Waals surface area contributed by atoms with E-state index in [1.807, 2.05) is 50.3 Å². The van der Waals surface area contributed by atoms with Crippen LogP contribution in [-0.2, 0) is 0 Å². The van der Waals surface area contributed by atoms with Crippen LogP contribution in [0.15, 0.2) is 53.1 Å². The van der Waals surface area contributed by atoms with Gasteiger partial charge in [0.15, 0.2) is 5.78 Å². The van der Waals surface area contributed by atoms with Crippen molar-refractivity contribution in [2.75, 3.05) is 0 Å². The molecule has 0 saturated heterocycles. The molecule has 0 heterocycles. The second kappa shape index (κ2) is 4.89. The molecule has 0 aromatic heterocycles. The number of hydrogen-bond donors (Lipinski definition) is 0. The quantitative estimate of drug-likeness (QED) is 0.579. The van der Waals surface area contributed by atoms with E-state index < -0.39 is 0 Å². The van der Waals surface area contributed by atoms with Crippen LogP contribution in [0.1, 0.15) is 30.6 Å². The van der Waals surface area contributed by atoms with Crippen molar-refractivity contribution >= 4 is 17.4 Å². The molecule has 0 saturated carbocycles. The number of rotatable bonds is 3. The number of hydrogen-bond acceptors (Lipinski definition) is 1. The van der Waals surface area contributed by atoms with Gasteiger partial charge in [-0.3, -0.25) is 4.79 Å². The summed E-state index contributed by atoms with van der Waals surface area (Å²) in [4.78, 5) is 12.0. The maximum Gasteiger partial charge on any atom is 0.166 e. The molecule has 0 aliphatic heterocycles. The van der Waals surface area contributed by atoms with Gasteiger partial charge in [-0.25, -0.2) is 0 Å². The first-order chi connectivity index (χ1) is 8.09. The molecular formula is C15H15ClO. The van der Waals surface area contributed by atoms with Crippen molar-refractivity contribution < 1.29 is 4.79 Å². The third kappa shape index (κ3) is 2.50. The minimum absolute atomic E-state index is 0.109. The highest BCUT2D eigenvalue weighted by Crippen LogP contribution is 2.32. The third-order valence-corrected chi connectivity index (χ3v) is 3.80. The van der Waals surface area contributed by atoms with Gasteiger partial charge in [0.25, 0.3) is 0 Å². The lowest BCUT2D eigenvalue weighted by Gasteiger charge is -2.09. The number of halogens is 1. The Labute approximate surface area is 107 Å². The Morgan fingerprint density at radius 2 is 1.88 bits per heavy atom. The lowest BCUT2D eigenvalue weighted by molar-refractivity contribution is 0.0992. The predicted octanol–water partition coefficient (Wildman–Crippen LogP) is 4.14. The van der Waals surface area contributed by atoms with Gasteiger partial charge in [-0.15, -0.1) is 11.6 Å². The van der Waals surface area contributed by atoms with Gasteiger partial charge in [0.05, 0.1) is 5.38 Å². The van der Waals surface area contributed by atoms with Crippen molar-refractivity contribution in [1.29, 1.82) is 0 Å². The van der Waals surface area contributed by atoms with E-state index >= 15 is 0 Å². The van der Waals surface area contributed by atoms with Crippen LogP contribution in [0.5, 0.6) is 0 Å². The summed E-state index contributed by atoms with van der Waals surface area (Å²) in [6.45, 7) is 4.05. The standard InChI is InChI=1S/C15H15ClO/c1-10-8-13(15(16)11(10)2)9-14(17)12-6-4-3-5-7-12/h3-8,15H,9H2,1-2H3. The monoisotopic (exact) mass is 246 g/mol. The van der Waals surface area contributed by atoms with E-state index in [4.69, 9.17) is 11.6 Å². The Morgan fingerprint density at radius 3 is 2.41 bits per heavy atom. The van der Waals surface area contributed by atoms with Crippen LogP contribution < -0.4 is 0 Å². The molecule has 1 aromatic rings. The van der Waals surface area contributed by atoms with Crippen LogP contribution in [0.4, 0.5) is 0 Å². The third-order valence-electron chi connectivity index (χ3n) is 3.19. The Bertz CT molecular complexity index is 497. The number of carbonyl (C=O) groups is 1. The molecule has 0 amide bonds. The summed E-state index contributed by atoms with van der Waals surface area (Å²) in [5.74, 6) is 0.130. The Balaban J connectivity index is 2.10. The Kier molecular flexibility index (Phi) is 3.49. The van der Waals surface area contributed by atoms with Gasteiger partial charge < -0.3 is 0 Å². The second-order valence-electron chi connectivity index (χ2n) is 4.41. The fraction of sp³-hybridized carbons (Fsp3) is 0.267. The highest BCUT2D eigenvalue weighted by molar-refractivity contribution is 6.25. The molecular weight excluding hydrogens is 232 g/mol. The maximum absolute atomic E-state index is 12.0. The fourth-order valence-corrected chi connectivity index (χ4v) is 2.31. The van der Waals surface area contributed by atoms with Gasteiger partial charge in [0.2, 0.25) is 0 Å². The topological polar surface area (TPSA) is 17.1 Å². The SMILES string of the molecule is CC1=C(C)C(Cl)C(CC(=O)c2ccccc2)=C1. The number of Topliss-reactive ketones (excluding diaryl/α,β-unsaturated/α-hetero) is 1. The lowest BCUT2D eigenvalue weighted by Crippen LogP contribution is -2.07. The molecule has 0 bridgehead atoms. The minimum Gasteiger partial charge on any atom is -0.294 e. The van der Waals surface area contributed by atoms with Gasteiger partial charge in [-0.2, -0.15) is 0 Å². The molecule has 17 heavy (non-hydrogen) atoms. The molecule has 0 spiro atoms. The first-order valence-electron chi connectivity index (χ1n) is 5.69. The van der Waals surface area contributed by atoms with Crippen molar-refractivity contribution in [1.82, 2.24) is 0 Å². The molecule has 1 aliphatic carbocycles. The first kappa shape index (κ1) is 12.1. The van der Waals surface area contributed by atoms with E-state index in [-0.39, 0.29) is 11.2 Å². The van der Waals surface area contributed by atoms with E-state index in [2.05, 4.69) is 0 Å². The van der Waals surface area contributed by atoms with Crippen molar-refractivity contribution in [3.8, 4) is 0 Å². The minimum atomic E-state index is -0.109. The number of benzene rings is 1. The molecule has 0 fully saturated rings. The normalized spacial score (nSPS) is 19.5. The van der Waals surface area contributed by atoms with Crippen molar-refractivity contribution in [3.05, 3.63) is 58.7 Å². The molecule has 1 nitrogen and oxygen atoms in total. The number of ketones is 1. The number of alkyl halides is 1. The highest BCUT2D eigenvalue weighted by atomic mass is 35.5. The van der Waals surface area contributed by atoms with Crippen LogP contribution in [0, 0.1) is 0 Å². The van der Waals surface area contributed by atoms with Gasteiger partial charge in [0, 0.05) is 12.0 Å². The van der Waals surface area contributed by atoms with Crippen LogP contribution in [-0.4, -0.2) is 11.2 Å². The number of allylic oxidation sites excluding steroid dienone is 4. The van der Waals surface area contributed by atoms with E-state index in [0.717, 1.165) is 16.7 Å². The van der Waals surface area contributed by atoms with E-state index in [0.29, 0.717) is 6.42 Å². The first-order valence-corrected chi connectivity index (χ1v) is 6.13. The predicted molar refractivity (Wildman–Crippen MR) is 71.5 cm³/mol. The van der Waals surface area contributed by atoms with Crippen LogP contribution >= 0.6 is 11.6 Å². The van der Waals surface area contributed by atoms with E-state index in [1.54, 1.807) is 0 Å². The largest absolute Gasteiger partial charge is 0.294 e. The Morgan fingerprint density at radius 1 is 1.24 bits per heavy atom. The number of carbonyl (C=O) groups excluding carboxylic acids is 1. The zero-order valence-electron chi connectivity index (χ0n) is 10.0. The molecule has 0 N–H and O–H groups in total.